The lowest BCUT2D eigenvalue weighted by atomic mass is 10.2. The van der Waals surface area contributed by atoms with Crippen LogP contribution in [0.5, 0.6) is 5.75 Å². The molecule has 1 aromatic carbocycles. The summed E-state index contributed by atoms with van der Waals surface area (Å²) in [5.74, 6) is -1.78. The van der Waals surface area contributed by atoms with Crippen molar-refractivity contribution in [1.29, 1.82) is 0 Å². The number of rotatable bonds is 6. The molecule has 1 amide bonds. The van der Waals surface area contributed by atoms with Gasteiger partial charge < -0.3 is 15.0 Å². The van der Waals surface area contributed by atoms with E-state index in [1.54, 1.807) is 24.3 Å². The number of benzene rings is 1. The highest BCUT2D eigenvalue weighted by Crippen LogP contribution is 2.26. The van der Waals surface area contributed by atoms with Gasteiger partial charge in [0.2, 0.25) is 5.91 Å². The fourth-order valence-corrected chi connectivity index (χ4v) is 2.57. The molecule has 1 heterocycles. The summed E-state index contributed by atoms with van der Waals surface area (Å²) in [6.45, 7) is 2.66. The van der Waals surface area contributed by atoms with Crippen molar-refractivity contribution < 1.29 is 27.5 Å². The van der Waals surface area contributed by atoms with Crippen molar-refractivity contribution in [3.05, 3.63) is 36.5 Å². The molecular weight excluding hydrogens is 337 g/mol. The lowest BCUT2D eigenvalue weighted by Crippen LogP contribution is -2.37. The fraction of sp³-hybridized carbons (Fsp3) is 0.412. The quantitative estimate of drug-likeness (QED) is 0.796. The highest BCUT2D eigenvalue weighted by molar-refractivity contribution is 5.97. The third-order valence-electron chi connectivity index (χ3n) is 3.74. The van der Waals surface area contributed by atoms with Crippen molar-refractivity contribution in [3.63, 3.8) is 0 Å². The van der Waals surface area contributed by atoms with Crippen LogP contribution in [-0.2, 0) is 9.59 Å². The Bertz CT molecular complexity index is 659. The second kappa shape index (κ2) is 8.04. The van der Waals surface area contributed by atoms with Crippen LogP contribution in [0.4, 0.5) is 18.9 Å². The first-order chi connectivity index (χ1) is 11.8. The maximum absolute atomic E-state index is 12.5. The summed E-state index contributed by atoms with van der Waals surface area (Å²) in [5, 5.41) is 2.74. The number of allylic oxidation sites excluding steroid dienone is 1. The summed E-state index contributed by atoms with van der Waals surface area (Å²) in [5.41, 5.74) is 0.497. The first kappa shape index (κ1) is 18.8. The van der Waals surface area contributed by atoms with E-state index in [2.05, 4.69) is 5.32 Å². The molecule has 25 heavy (non-hydrogen) atoms. The van der Waals surface area contributed by atoms with Gasteiger partial charge in [0.05, 0.1) is 12.3 Å². The Labute approximate surface area is 143 Å². The van der Waals surface area contributed by atoms with Crippen LogP contribution < -0.4 is 10.1 Å². The van der Waals surface area contributed by atoms with E-state index in [0.29, 0.717) is 43.5 Å². The Balaban J connectivity index is 2.06. The Hall–Kier alpha value is -2.51. The predicted molar refractivity (Wildman–Crippen MR) is 86.2 cm³/mol. The number of hydrogen-bond donors (Lipinski definition) is 1. The predicted octanol–water partition coefficient (Wildman–Crippen LogP) is 3.13. The standard InChI is InChI=1S/C17H19F3N2O3/c1-2-25-14-8-4-3-6-12(14)21-16(24)13-7-5-10-22(13)11-9-15(23)17(18,19)20/h3-4,6,8-9,11,13H,2,5,7,10H2,1H3,(H,21,24). The van der Waals surface area contributed by atoms with Crippen molar-refractivity contribution >= 4 is 17.4 Å². The van der Waals surface area contributed by atoms with Gasteiger partial charge in [-0.1, -0.05) is 12.1 Å². The molecule has 1 fully saturated rings. The number of likely N-dealkylation sites (tertiary alicyclic amines) is 1. The van der Waals surface area contributed by atoms with Gasteiger partial charge in [0, 0.05) is 18.8 Å². The summed E-state index contributed by atoms with van der Waals surface area (Å²) in [6, 6.07) is 6.28. The van der Waals surface area contributed by atoms with Gasteiger partial charge in [-0.05, 0) is 31.9 Å². The number of nitrogens with zero attached hydrogens (tertiary/aromatic N) is 1. The zero-order valence-electron chi connectivity index (χ0n) is 13.7. The molecule has 136 valence electrons. The van der Waals surface area contributed by atoms with E-state index < -0.39 is 18.0 Å². The maximum atomic E-state index is 12.5. The van der Waals surface area contributed by atoms with Crippen LogP contribution in [0.15, 0.2) is 36.5 Å². The Kier molecular flexibility index (Phi) is 6.06. The minimum Gasteiger partial charge on any atom is -0.492 e. The van der Waals surface area contributed by atoms with E-state index in [1.165, 1.54) is 4.90 Å². The van der Waals surface area contributed by atoms with Gasteiger partial charge in [-0.25, -0.2) is 0 Å². The molecule has 1 N–H and O–H groups in total. The van der Waals surface area contributed by atoms with Gasteiger partial charge in [0.1, 0.15) is 11.8 Å². The topological polar surface area (TPSA) is 58.6 Å². The number of anilines is 1. The maximum Gasteiger partial charge on any atom is 0.454 e. The van der Waals surface area contributed by atoms with Crippen molar-refractivity contribution in [1.82, 2.24) is 4.90 Å². The van der Waals surface area contributed by atoms with Crippen molar-refractivity contribution in [2.24, 2.45) is 0 Å². The molecule has 0 spiro atoms. The van der Waals surface area contributed by atoms with E-state index in [1.807, 2.05) is 6.92 Å². The van der Waals surface area contributed by atoms with Gasteiger partial charge >= 0.3 is 6.18 Å². The van der Waals surface area contributed by atoms with Gasteiger partial charge in [-0.2, -0.15) is 13.2 Å². The van der Waals surface area contributed by atoms with E-state index in [-0.39, 0.29) is 5.91 Å². The second-order valence-electron chi connectivity index (χ2n) is 5.49. The molecule has 1 aromatic rings. The van der Waals surface area contributed by atoms with Crippen LogP contribution in [0.1, 0.15) is 19.8 Å². The second-order valence-corrected chi connectivity index (χ2v) is 5.49. The first-order valence-electron chi connectivity index (χ1n) is 7.90. The van der Waals surface area contributed by atoms with E-state index in [9.17, 15) is 22.8 Å². The van der Waals surface area contributed by atoms with Crippen molar-refractivity contribution in [2.75, 3.05) is 18.5 Å². The zero-order valence-corrected chi connectivity index (χ0v) is 13.7. The number of para-hydroxylation sites is 2. The molecule has 0 bridgehead atoms. The number of ether oxygens (including phenoxy) is 1. The number of amides is 1. The third kappa shape index (κ3) is 4.98. The average molecular weight is 356 g/mol. The number of hydrogen-bond acceptors (Lipinski definition) is 4. The molecule has 0 saturated carbocycles. The number of carbonyl (C=O) groups is 2. The fourth-order valence-electron chi connectivity index (χ4n) is 2.57. The first-order valence-corrected chi connectivity index (χ1v) is 7.90. The Morgan fingerprint density at radius 3 is 2.76 bits per heavy atom. The molecule has 1 aliphatic rings. The molecule has 1 saturated heterocycles. The normalized spacial score (nSPS) is 17.8. The molecule has 0 radical (unpaired) electrons. The highest BCUT2D eigenvalue weighted by Gasteiger charge is 2.37. The van der Waals surface area contributed by atoms with Crippen LogP contribution in [0.25, 0.3) is 0 Å². The lowest BCUT2D eigenvalue weighted by molar-refractivity contribution is -0.165. The summed E-state index contributed by atoms with van der Waals surface area (Å²) >= 11 is 0. The summed E-state index contributed by atoms with van der Waals surface area (Å²) in [6.07, 6.45) is -2.27. The highest BCUT2D eigenvalue weighted by atomic mass is 19.4. The number of alkyl halides is 3. The molecule has 2 rings (SSSR count). The van der Waals surface area contributed by atoms with E-state index in [4.69, 9.17) is 4.74 Å². The zero-order chi connectivity index (χ0) is 18.4. The van der Waals surface area contributed by atoms with Crippen LogP contribution in [-0.4, -0.2) is 42.0 Å². The van der Waals surface area contributed by atoms with Crippen LogP contribution >= 0.6 is 0 Å². The monoisotopic (exact) mass is 356 g/mol. The average Bonchev–Trinajstić information content (AvgIpc) is 3.02. The minimum absolute atomic E-state index is 0.353. The van der Waals surface area contributed by atoms with E-state index >= 15 is 0 Å². The number of nitrogens with one attached hydrogen (secondary N) is 1. The summed E-state index contributed by atoms with van der Waals surface area (Å²) in [7, 11) is 0. The molecule has 0 aromatic heterocycles. The lowest BCUT2D eigenvalue weighted by Gasteiger charge is -2.22. The van der Waals surface area contributed by atoms with Crippen molar-refractivity contribution in [2.45, 2.75) is 32.0 Å². The molecule has 1 aliphatic heterocycles. The molecule has 5 nitrogen and oxygen atoms in total. The minimum atomic E-state index is -4.91. The van der Waals surface area contributed by atoms with Gasteiger partial charge in [-0.15, -0.1) is 0 Å². The molecule has 8 heteroatoms. The molecule has 1 atom stereocenters. The van der Waals surface area contributed by atoms with Gasteiger partial charge in [0.25, 0.3) is 5.78 Å². The van der Waals surface area contributed by atoms with Gasteiger partial charge in [0.15, 0.2) is 0 Å². The van der Waals surface area contributed by atoms with Crippen LogP contribution in [0.2, 0.25) is 0 Å². The van der Waals surface area contributed by atoms with Gasteiger partial charge in [-0.3, -0.25) is 9.59 Å². The van der Waals surface area contributed by atoms with E-state index in [0.717, 1.165) is 6.20 Å². The summed E-state index contributed by atoms with van der Waals surface area (Å²) < 4.78 is 42.2. The Morgan fingerprint density at radius 1 is 1.36 bits per heavy atom. The van der Waals surface area contributed by atoms with Crippen LogP contribution in [0.3, 0.4) is 0 Å². The third-order valence-corrected chi connectivity index (χ3v) is 3.74. The summed E-state index contributed by atoms with van der Waals surface area (Å²) in [4.78, 5) is 24.9. The Morgan fingerprint density at radius 2 is 2.08 bits per heavy atom. The largest absolute Gasteiger partial charge is 0.492 e. The smallest absolute Gasteiger partial charge is 0.454 e. The molecule has 0 aliphatic carbocycles. The SMILES string of the molecule is CCOc1ccccc1NC(=O)C1CCCN1C=CC(=O)C(F)(F)F. The van der Waals surface area contributed by atoms with Crippen LogP contribution in [0, 0.1) is 0 Å². The number of halogens is 3. The molecular formula is C17H19F3N2O3. The number of carbonyl (C=O) groups excluding carboxylic acids is 2. The number of ketones is 1. The van der Waals surface area contributed by atoms with Crippen molar-refractivity contribution in [3.8, 4) is 5.75 Å². The molecule has 1 unspecified atom stereocenters.